The summed E-state index contributed by atoms with van der Waals surface area (Å²) in [6.07, 6.45) is 3.94. The second kappa shape index (κ2) is 10.3. The number of nitrogens with one attached hydrogen (secondary N) is 2. The van der Waals surface area contributed by atoms with Gasteiger partial charge in [0, 0.05) is 37.4 Å². The Bertz CT molecular complexity index is 591. The van der Waals surface area contributed by atoms with E-state index in [1.165, 1.54) is 25.8 Å². The molecule has 6 nitrogen and oxygen atoms in total. The van der Waals surface area contributed by atoms with E-state index in [4.69, 9.17) is 9.47 Å². The number of hydrogen-bond donors (Lipinski definition) is 2. The van der Waals surface area contributed by atoms with Gasteiger partial charge in [-0.15, -0.1) is 0 Å². The third kappa shape index (κ3) is 5.53. The minimum Gasteiger partial charge on any atom is -0.493 e. The highest BCUT2D eigenvalue weighted by Crippen LogP contribution is 2.30. The van der Waals surface area contributed by atoms with Gasteiger partial charge in [-0.25, -0.2) is 0 Å². The van der Waals surface area contributed by atoms with E-state index in [0.717, 1.165) is 23.9 Å². The van der Waals surface area contributed by atoms with Gasteiger partial charge in [-0.05, 0) is 52.3 Å². The Morgan fingerprint density at radius 1 is 1.35 bits per heavy atom. The Kier molecular flexibility index (Phi) is 8.04. The van der Waals surface area contributed by atoms with E-state index in [1.807, 2.05) is 25.1 Å². The Morgan fingerprint density at radius 3 is 2.81 bits per heavy atom. The Hall–Kier alpha value is -1.95. The van der Waals surface area contributed by atoms with E-state index >= 15 is 0 Å². The molecule has 2 rings (SSSR count). The van der Waals surface area contributed by atoms with Crippen LogP contribution in [0.2, 0.25) is 0 Å². The molecule has 0 aliphatic carbocycles. The predicted molar refractivity (Wildman–Crippen MR) is 109 cm³/mol. The summed E-state index contributed by atoms with van der Waals surface area (Å²) in [5, 5.41) is 6.76. The van der Waals surface area contributed by atoms with Crippen LogP contribution in [0.3, 0.4) is 0 Å². The lowest BCUT2D eigenvalue weighted by atomic mass is 10.0. The van der Waals surface area contributed by atoms with Crippen LogP contribution in [0.1, 0.15) is 40.0 Å². The van der Waals surface area contributed by atoms with E-state index in [0.29, 0.717) is 24.4 Å². The number of piperidine rings is 1. The number of guanidine groups is 1. The fraction of sp³-hybridized carbons (Fsp3) is 0.650. The molecule has 1 aliphatic heterocycles. The number of hydrogen-bond acceptors (Lipinski definition) is 4. The molecule has 6 heteroatoms. The molecule has 2 unspecified atom stereocenters. The van der Waals surface area contributed by atoms with Gasteiger partial charge in [0.25, 0.3) is 0 Å². The Balaban J connectivity index is 1.93. The van der Waals surface area contributed by atoms with Crippen LogP contribution in [0, 0.1) is 0 Å². The van der Waals surface area contributed by atoms with Crippen molar-refractivity contribution < 1.29 is 9.47 Å². The van der Waals surface area contributed by atoms with E-state index in [-0.39, 0.29) is 0 Å². The molecular weight excluding hydrogens is 328 g/mol. The van der Waals surface area contributed by atoms with Crippen LogP contribution in [0.4, 0.5) is 5.69 Å². The number of aliphatic imine (C=N–C) groups is 1. The molecule has 1 aliphatic rings. The molecule has 2 atom stereocenters. The number of benzene rings is 1. The van der Waals surface area contributed by atoms with E-state index < -0.39 is 0 Å². The van der Waals surface area contributed by atoms with Gasteiger partial charge in [0.1, 0.15) is 0 Å². The van der Waals surface area contributed by atoms with Crippen molar-refractivity contribution in [3.8, 4) is 11.5 Å². The molecule has 2 N–H and O–H groups in total. The first-order valence-corrected chi connectivity index (χ1v) is 9.63. The standard InChI is InChI=1S/C20H34N4O2/c1-6-26-18-11-10-17(13-19(18)25-5)23-20(21-4)22-14-16(3)24-12-8-7-9-15(24)2/h10-11,13,15-16H,6-9,12,14H2,1-5H3,(H2,21,22,23). The number of ether oxygens (including phenoxy) is 2. The summed E-state index contributed by atoms with van der Waals surface area (Å²) in [5.74, 6) is 2.21. The average molecular weight is 363 g/mol. The van der Waals surface area contributed by atoms with Gasteiger partial charge in [0.15, 0.2) is 17.5 Å². The molecule has 1 aromatic rings. The van der Waals surface area contributed by atoms with Crippen molar-refractivity contribution in [3.05, 3.63) is 18.2 Å². The lowest BCUT2D eigenvalue weighted by molar-refractivity contribution is 0.116. The summed E-state index contributed by atoms with van der Waals surface area (Å²) in [7, 11) is 3.44. The van der Waals surface area contributed by atoms with E-state index in [1.54, 1.807) is 14.2 Å². The Morgan fingerprint density at radius 2 is 2.15 bits per heavy atom. The van der Waals surface area contributed by atoms with Crippen molar-refractivity contribution in [2.45, 2.75) is 52.1 Å². The smallest absolute Gasteiger partial charge is 0.195 e. The van der Waals surface area contributed by atoms with Gasteiger partial charge >= 0.3 is 0 Å². The van der Waals surface area contributed by atoms with Crippen molar-refractivity contribution in [1.29, 1.82) is 0 Å². The predicted octanol–water partition coefficient (Wildman–Crippen LogP) is 3.34. The molecule has 0 saturated carbocycles. The van der Waals surface area contributed by atoms with Crippen molar-refractivity contribution in [2.24, 2.45) is 4.99 Å². The summed E-state index contributed by atoms with van der Waals surface area (Å²) in [5.41, 5.74) is 0.914. The maximum atomic E-state index is 5.57. The van der Waals surface area contributed by atoms with Crippen LogP contribution in [0.5, 0.6) is 11.5 Å². The lowest BCUT2D eigenvalue weighted by Gasteiger charge is -2.38. The van der Waals surface area contributed by atoms with E-state index in [9.17, 15) is 0 Å². The van der Waals surface area contributed by atoms with Crippen LogP contribution >= 0.6 is 0 Å². The van der Waals surface area contributed by atoms with Gasteiger partial charge in [-0.3, -0.25) is 9.89 Å². The number of nitrogens with zero attached hydrogens (tertiary/aromatic N) is 2. The molecule has 1 saturated heterocycles. The summed E-state index contributed by atoms with van der Waals surface area (Å²) in [6, 6.07) is 6.94. The van der Waals surface area contributed by atoms with Gasteiger partial charge in [0.05, 0.1) is 13.7 Å². The summed E-state index contributed by atoms with van der Waals surface area (Å²) in [6.45, 7) is 9.22. The molecule has 1 heterocycles. The number of rotatable bonds is 7. The van der Waals surface area contributed by atoms with Gasteiger partial charge in [0.2, 0.25) is 0 Å². The molecule has 0 radical (unpaired) electrons. The van der Waals surface area contributed by atoms with E-state index in [2.05, 4.69) is 34.4 Å². The zero-order valence-corrected chi connectivity index (χ0v) is 16.8. The second-order valence-corrected chi connectivity index (χ2v) is 6.81. The van der Waals surface area contributed by atoms with Gasteiger partial charge in [-0.1, -0.05) is 6.42 Å². The third-order valence-corrected chi connectivity index (χ3v) is 4.94. The average Bonchev–Trinajstić information content (AvgIpc) is 2.66. The summed E-state index contributed by atoms with van der Waals surface area (Å²) in [4.78, 5) is 6.92. The largest absolute Gasteiger partial charge is 0.493 e. The fourth-order valence-electron chi connectivity index (χ4n) is 3.47. The number of methoxy groups -OCH3 is 1. The van der Waals surface area contributed by atoms with Crippen LogP contribution in [-0.4, -0.2) is 56.8 Å². The molecule has 0 aromatic heterocycles. The fourth-order valence-corrected chi connectivity index (χ4v) is 3.47. The van der Waals surface area contributed by atoms with Gasteiger partial charge in [-0.2, -0.15) is 0 Å². The highest BCUT2D eigenvalue weighted by molar-refractivity contribution is 5.93. The van der Waals surface area contributed by atoms with Crippen molar-refractivity contribution in [3.63, 3.8) is 0 Å². The molecule has 0 spiro atoms. The molecule has 26 heavy (non-hydrogen) atoms. The number of likely N-dealkylation sites (tertiary alicyclic amines) is 1. The quantitative estimate of drug-likeness (QED) is 0.575. The highest BCUT2D eigenvalue weighted by Gasteiger charge is 2.23. The minimum absolute atomic E-state index is 0.471. The van der Waals surface area contributed by atoms with Crippen molar-refractivity contribution in [2.75, 3.05) is 39.2 Å². The monoisotopic (exact) mass is 362 g/mol. The number of anilines is 1. The second-order valence-electron chi connectivity index (χ2n) is 6.81. The highest BCUT2D eigenvalue weighted by atomic mass is 16.5. The van der Waals surface area contributed by atoms with Crippen LogP contribution in [0.15, 0.2) is 23.2 Å². The topological polar surface area (TPSA) is 58.1 Å². The molecule has 1 aromatic carbocycles. The first kappa shape index (κ1) is 20.4. The molecule has 1 fully saturated rings. The zero-order chi connectivity index (χ0) is 18.9. The summed E-state index contributed by atoms with van der Waals surface area (Å²) < 4.78 is 11.0. The Labute approximate surface area is 158 Å². The maximum Gasteiger partial charge on any atom is 0.195 e. The zero-order valence-electron chi connectivity index (χ0n) is 16.8. The lowest BCUT2D eigenvalue weighted by Crippen LogP contribution is -2.49. The van der Waals surface area contributed by atoms with Crippen molar-refractivity contribution >= 4 is 11.6 Å². The first-order valence-electron chi connectivity index (χ1n) is 9.63. The minimum atomic E-state index is 0.471. The SMILES string of the molecule is CCOc1ccc(NC(=NC)NCC(C)N2CCCCC2C)cc1OC. The van der Waals surface area contributed by atoms with Gasteiger partial charge < -0.3 is 20.1 Å². The molecule has 146 valence electrons. The maximum absolute atomic E-state index is 5.57. The summed E-state index contributed by atoms with van der Waals surface area (Å²) >= 11 is 0. The van der Waals surface area contributed by atoms with Crippen LogP contribution in [-0.2, 0) is 0 Å². The van der Waals surface area contributed by atoms with Crippen LogP contribution in [0.25, 0.3) is 0 Å². The van der Waals surface area contributed by atoms with Crippen molar-refractivity contribution in [1.82, 2.24) is 10.2 Å². The first-order chi connectivity index (χ1) is 12.6. The molecule has 0 amide bonds. The normalized spacial score (nSPS) is 19.7. The molecular formula is C20H34N4O2. The van der Waals surface area contributed by atoms with Crippen LogP contribution < -0.4 is 20.1 Å². The third-order valence-electron chi connectivity index (χ3n) is 4.94. The molecule has 0 bridgehead atoms.